The predicted octanol–water partition coefficient (Wildman–Crippen LogP) is 1.10. The lowest BCUT2D eigenvalue weighted by Gasteiger charge is -1.97. The third kappa shape index (κ3) is 7.43. The van der Waals surface area contributed by atoms with Gasteiger partial charge in [0.15, 0.2) is 0 Å². The molecule has 53 valence electrons. The Bertz CT molecular complexity index is 80.4. The van der Waals surface area contributed by atoms with Crippen molar-refractivity contribution in [2.75, 3.05) is 6.61 Å². The third-order valence-electron chi connectivity index (χ3n) is 0.733. The molecule has 0 aromatic heterocycles. The fourth-order valence-electron chi connectivity index (χ4n) is 0.311. The molecule has 0 amide bonds. The summed E-state index contributed by atoms with van der Waals surface area (Å²) in [5.41, 5.74) is 0. The van der Waals surface area contributed by atoms with E-state index in [0.717, 1.165) is 12.8 Å². The molecule has 0 aliphatic rings. The van der Waals surface area contributed by atoms with E-state index in [1.165, 1.54) is 0 Å². The molecule has 0 saturated heterocycles. The highest BCUT2D eigenvalue weighted by atomic mass is 17.2. The topological polar surface area (TPSA) is 35.5 Å². The zero-order chi connectivity index (χ0) is 7.11. The zero-order valence-corrected chi connectivity index (χ0v) is 5.55. The molecule has 0 saturated carbocycles. The summed E-state index contributed by atoms with van der Waals surface area (Å²) in [7, 11) is 0. The quantitative estimate of drug-likeness (QED) is 0.325. The molecule has 3 nitrogen and oxygen atoms in total. The van der Waals surface area contributed by atoms with Crippen LogP contribution in [0.2, 0.25) is 0 Å². The van der Waals surface area contributed by atoms with E-state index in [4.69, 9.17) is 0 Å². The Morgan fingerprint density at radius 3 is 2.78 bits per heavy atom. The van der Waals surface area contributed by atoms with Crippen molar-refractivity contribution in [3.63, 3.8) is 0 Å². The Labute approximate surface area is 54.9 Å². The Kier molecular flexibility index (Phi) is 5.21. The first-order chi connectivity index (χ1) is 4.27. The van der Waals surface area contributed by atoms with Crippen molar-refractivity contribution in [3.05, 3.63) is 6.92 Å². The highest BCUT2D eigenvalue weighted by Gasteiger charge is 1.91. The molecule has 0 aliphatic heterocycles. The molecule has 0 aromatic carbocycles. The van der Waals surface area contributed by atoms with Crippen LogP contribution in [-0.2, 0) is 14.6 Å². The van der Waals surface area contributed by atoms with Crippen LogP contribution in [-0.4, -0.2) is 12.6 Å². The molecule has 0 rings (SSSR count). The second-order valence-electron chi connectivity index (χ2n) is 1.63. The maximum absolute atomic E-state index is 9.95. The lowest BCUT2D eigenvalue weighted by atomic mass is 10.4. The van der Waals surface area contributed by atoms with Crippen molar-refractivity contribution in [2.24, 2.45) is 0 Å². The van der Waals surface area contributed by atoms with E-state index in [-0.39, 0.29) is 0 Å². The molecule has 0 fully saturated rings. The van der Waals surface area contributed by atoms with Crippen molar-refractivity contribution in [2.45, 2.75) is 19.8 Å². The van der Waals surface area contributed by atoms with Crippen LogP contribution in [0.25, 0.3) is 0 Å². The number of hydrogen-bond donors (Lipinski definition) is 0. The van der Waals surface area contributed by atoms with Crippen LogP contribution in [0.3, 0.4) is 0 Å². The van der Waals surface area contributed by atoms with Crippen molar-refractivity contribution < 1.29 is 14.6 Å². The van der Waals surface area contributed by atoms with Crippen LogP contribution < -0.4 is 0 Å². The van der Waals surface area contributed by atoms with Crippen molar-refractivity contribution in [1.29, 1.82) is 0 Å². The van der Waals surface area contributed by atoms with Gasteiger partial charge in [0.05, 0.1) is 13.5 Å². The summed E-state index contributed by atoms with van der Waals surface area (Å²) in [5.74, 6) is -0.647. The molecule has 0 aromatic rings. The molecule has 0 N–H and O–H groups in total. The minimum Gasteiger partial charge on any atom is -0.298 e. The van der Waals surface area contributed by atoms with Gasteiger partial charge in [-0.25, -0.2) is 4.79 Å². The predicted molar refractivity (Wildman–Crippen MR) is 32.3 cm³/mol. The lowest BCUT2D eigenvalue weighted by molar-refractivity contribution is -0.267. The Morgan fingerprint density at radius 1 is 1.67 bits per heavy atom. The van der Waals surface area contributed by atoms with Gasteiger partial charge in [0, 0.05) is 0 Å². The second kappa shape index (κ2) is 5.56. The molecule has 0 heterocycles. The fraction of sp³-hybridized carbons (Fsp3) is 0.667. The van der Waals surface area contributed by atoms with Gasteiger partial charge in [0.2, 0.25) is 0 Å². The minimum atomic E-state index is -0.647. The number of rotatable bonds is 4. The maximum atomic E-state index is 9.95. The van der Waals surface area contributed by atoms with Crippen molar-refractivity contribution in [1.82, 2.24) is 0 Å². The van der Waals surface area contributed by atoms with E-state index in [1.54, 1.807) is 0 Å². The van der Waals surface area contributed by atoms with Gasteiger partial charge in [-0.15, -0.1) is 0 Å². The fourth-order valence-corrected chi connectivity index (χ4v) is 0.311. The van der Waals surface area contributed by atoms with Gasteiger partial charge < -0.3 is 0 Å². The molecule has 1 radical (unpaired) electrons. The summed E-state index contributed by atoms with van der Waals surface area (Å²) in [6.45, 7) is 5.43. The zero-order valence-electron chi connectivity index (χ0n) is 5.55. The molecule has 0 spiro atoms. The first-order valence-electron chi connectivity index (χ1n) is 2.92. The van der Waals surface area contributed by atoms with E-state index < -0.39 is 5.97 Å². The van der Waals surface area contributed by atoms with Crippen LogP contribution in [0, 0.1) is 6.92 Å². The highest BCUT2D eigenvalue weighted by Crippen LogP contribution is 1.88. The molecular formula is C6H11O3. The monoisotopic (exact) mass is 131 g/mol. The number of hydrogen-bond acceptors (Lipinski definition) is 3. The first kappa shape index (κ1) is 8.43. The summed E-state index contributed by atoms with van der Waals surface area (Å²) in [6.07, 6.45) is 1.92. The van der Waals surface area contributed by atoms with Crippen LogP contribution in [0.4, 0.5) is 0 Å². The molecule has 0 atom stereocenters. The second-order valence-corrected chi connectivity index (χ2v) is 1.63. The molecule has 0 bridgehead atoms. The first-order valence-corrected chi connectivity index (χ1v) is 2.92. The van der Waals surface area contributed by atoms with Crippen LogP contribution in [0.15, 0.2) is 0 Å². The molecule has 0 aliphatic carbocycles. The van der Waals surface area contributed by atoms with Crippen LogP contribution in [0.1, 0.15) is 19.8 Å². The summed E-state index contributed by atoms with van der Waals surface area (Å²) >= 11 is 0. The van der Waals surface area contributed by atoms with E-state index in [9.17, 15) is 4.79 Å². The number of carbonyl (C=O) groups is 1. The van der Waals surface area contributed by atoms with Gasteiger partial charge in [-0.1, -0.05) is 13.3 Å². The van der Waals surface area contributed by atoms with Gasteiger partial charge in [0.25, 0.3) is 0 Å². The summed E-state index contributed by atoms with van der Waals surface area (Å²) in [4.78, 5) is 18.5. The molecular weight excluding hydrogens is 120 g/mol. The number of carbonyl (C=O) groups excluding carboxylic acids is 1. The van der Waals surface area contributed by atoms with Gasteiger partial charge in [-0.2, -0.15) is 4.89 Å². The van der Waals surface area contributed by atoms with E-state index >= 15 is 0 Å². The van der Waals surface area contributed by atoms with Crippen molar-refractivity contribution >= 4 is 5.97 Å². The SMILES string of the molecule is [CH2]C(=O)OOCCCC. The average molecular weight is 131 g/mol. The summed E-state index contributed by atoms with van der Waals surface area (Å²) in [5, 5.41) is 0. The smallest absolute Gasteiger partial charge is 0.298 e. The molecule has 3 heteroatoms. The van der Waals surface area contributed by atoms with Crippen LogP contribution >= 0.6 is 0 Å². The Hall–Kier alpha value is -0.570. The molecule has 0 unspecified atom stereocenters. The van der Waals surface area contributed by atoms with Gasteiger partial charge >= 0.3 is 5.97 Å². The average Bonchev–Trinajstić information content (AvgIpc) is 1.80. The summed E-state index contributed by atoms with van der Waals surface area (Å²) in [6, 6.07) is 0. The van der Waals surface area contributed by atoms with Crippen molar-refractivity contribution in [3.8, 4) is 0 Å². The van der Waals surface area contributed by atoms with Crippen LogP contribution in [0.5, 0.6) is 0 Å². The summed E-state index contributed by atoms with van der Waals surface area (Å²) < 4.78 is 0. The van der Waals surface area contributed by atoms with Gasteiger partial charge in [0.1, 0.15) is 0 Å². The largest absolute Gasteiger partial charge is 0.342 e. The standard InChI is InChI=1S/C6H11O3/c1-3-4-5-8-9-6(2)7/h2-5H2,1H3. The highest BCUT2D eigenvalue weighted by molar-refractivity contribution is 5.72. The normalized spacial score (nSPS) is 9.11. The van der Waals surface area contributed by atoms with Gasteiger partial charge in [-0.05, 0) is 6.42 Å². The molecule has 9 heavy (non-hydrogen) atoms. The van der Waals surface area contributed by atoms with E-state index in [2.05, 4.69) is 16.7 Å². The Balaban J connectivity index is 2.83. The minimum absolute atomic E-state index is 0.456. The lowest BCUT2D eigenvalue weighted by Crippen LogP contribution is -2.01. The maximum Gasteiger partial charge on any atom is 0.342 e. The van der Waals surface area contributed by atoms with Gasteiger partial charge in [-0.3, -0.25) is 4.89 Å². The Morgan fingerprint density at radius 2 is 2.33 bits per heavy atom. The van der Waals surface area contributed by atoms with E-state index in [1.807, 2.05) is 6.92 Å². The van der Waals surface area contributed by atoms with E-state index in [0.29, 0.717) is 6.61 Å². The third-order valence-corrected chi connectivity index (χ3v) is 0.733. The number of unbranched alkanes of at least 4 members (excludes halogenated alkanes) is 1.